The first kappa shape index (κ1) is 4.89. The van der Waals surface area contributed by atoms with Gasteiger partial charge in [0, 0.05) is 13.6 Å². The summed E-state index contributed by atoms with van der Waals surface area (Å²) in [6.07, 6.45) is 0. The quantitative estimate of drug-likeness (QED) is 0.500. The average Bonchev–Trinajstić information content (AvgIpc) is 1.41. The molecule has 1 nitrogen and oxygen atoms in total. The van der Waals surface area contributed by atoms with Crippen LogP contribution in [0.3, 0.4) is 0 Å². The van der Waals surface area contributed by atoms with Gasteiger partial charge in [-0.25, -0.2) is 4.39 Å². The molecular formula is C3H7FN. The Morgan fingerprint density at radius 3 is 2.40 bits per heavy atom. The molecule has 0 unspecified atom stereocenters. The molecule has 0 amide bonds. The predicted octanol–water partition coefficient (Wildman–Crippen LogP) is 0.337. The number of halogens is 1. The third kappa shape index (κ3) is 3.89. The largest absolute Gasteiger partial charge is 0.313 e. The zero-order valence-corrected chi connectivity index (χ0v) is 3.00. The summed E-state index contributed by atoms with van der Waals surface area (Å²) in [5.41, 5.74) is 0. The Labute approximate surface area is 31.2 Å². The lowest BCUT2D eigenvalue weighted by Gasteiger charge is -1.81. The highest BCUT2D eigenvalue weighted by atomic mass is 19.1. The molecule has 1 N–H and O–H groups in total. The molecule has 0 saturated heterocycles. The minimum Gasteiger partial charge on any atom is -0.313 e. The smallest absolute Gasteiger partial charge is 0.102 e. The van der Waals surface area contributed by atoms with Crippen molar-refractivity contribution in [3.05, 3.63) is 7.05 Å². The highest BCUT2D eigenvalue weighted by molar-refractivity contribution is 4.34. The fraction of sp³-hybridized carbons (Fsp3) is 0.667. The zero-order valence-electron chi connectivity index (χ0n) is 3.00. The molecular weight excluding hydrogens is 69.0 g/mol. The Bertz CT molecular complexity index is 14.4. The number of rotatable bonds is 2. The van der Waals surface area contributed by atoms with Crippen LogP contribution in [-0.4, -0.2) is 13.2 Å². The van der Waals surface area contributed by atoms with Crippen molar-refractivity contribution in [3.8, 4) is 0 Å². The number of hydrogen-bond acceptors (Lipinski definition) is 1. The maximum absolute atomic E-state index is 10.9. The van der Waals surface area contributed by atoms with Gasteiger partial charge in [0.05, 0.1) is 0 Å². The summed E-state index contributed by atoms with van der Waals surface area (Å²) in [4.78, 5) is 0. The van der Waals surface area contributed by atoms with E-state index in [0.29, 0.717) is 6.54 Å². The van der Waals surface area contributed by atoms with E-state index in [1.165, 1.54) is 0 Å². The summed E-state index contributed by atoms with van der Waals surface area (Å²) >= 11 is 0. The van der Waals surface area contributed by atoms with Gasteiger partial charge in [-0.15, -0.1) is 0 Å². The third-order valence-corrected chi connectivity index (χ3v) is 0.271. The van der Waals surface area contributed by atoms with E-state index in [1.54, 1.807) is 0 Å². The van der Waals surface area contributed by atoms with Gasteiger partial charge in [-0.05, 0) is 0 Å². The molecule has 0 bridgehead atoms. The topological polar surface area (TPSA) is 12.0 Å². The van der Waals surface area contributed by atoms with Gasteiger partial charge in [0.25, 0.3) is 0 Å². The van der Waals surface area contributed by atoms with Gasteiger partial charge >= 0.3 is 0 Å². The Hall–Kier alpha value is -0.110. The fourth-order valence-corrected chi connectivity index (χ4v) is 0.0668. The predicted molar refractivity (Wildman–Crippen MR) is 19.3 cm³/mol. The molecule has 1 radical (unpaired) electrons. The van der Waals surface area contributed by atoms with Crippen LogP contribution in [0.5, 0.6) is 0 Å². The van der Waals surface area contributed by atoms with Gasteiger partial charge < -0.3 is 5.32 Å². The maximum Gasteiger partial charge on any atom is 0.102 e. The van der Waals surface area contributed by atoms with Gasteiger partial charge in [-0.2, -0.15) is 0 Å². The van der Waals surface area contributed by atoms with Crippen LogP contribution in [0, 0.1) is 7.05 Å². The van der Waals surface area contributed by atoms with E-state index in [1.807, 2.05) is 0 Å². The maximum atomic E-state index is 10.9. The van der Waals surface area contributed by atoms with Gasteiger partial charge in [-0.1, -0.05) is 0 Å². The lowest BCUT2D eigenvalue weighted by atomic mass is 10.7. The molecule has 0 aromatic heterocycles. The first-order chi connectivity index (χ1) is 2.41. The second kappa shape index (κ2) is 3.89. The standard InChI is InChI=1S/C3H7FN/c1-5-3-2-4/h5H,1-3H2. The highest BCUT2D eigenvalue weighted by Crippen LogP contribution is 1.56. The van der Waals surface area contributed by atoms with Crippen LogP contribution in [0.4, 0.5) is 4.39 Å². The van der Waals surface area contributed by atoms with E-state index in [9.17, 15) is 4.39 Å². The molecule has 0 atom stereocenters. The number of alkyl halides is 1. The van der Waals surface area contributed by atoms with E-state index in [-0.39, 0.29) is 6.67 Å². The zero-order chi connectivity index (χ0) is 4.12. The summed E-state index contributed by atoms with van der Waals surface area (Å²) < 4.78 is 10.9. The molecule has 0 aromatic carbocycles. The molecule has 0 rings (SSSR count). The molecule has 2 heteroatoms. The Balaban J connectivity index is 2.19. The average molecular weight is 76.1 g/mol. The molecule has 0 aliphatic heterocycles. The molecule has 0 aliphatic carbocycles. The van der Waals surface area contributed by atoms with Crippen molar-refractivity contribution in [2.24, 2.45) is 0 Å². The second-order valence-corrected chi connectivity index (χ2v) is 0.689. The summed E-state index contributed by atoms with van der Waals surface area (Å²) in [6.45, 7) is 0.0312. The Kier molecular flexibility index (Phi) is 3.80. The Morgan fingerprint density at radius 1 is 1.80 bits per heavy atom. The van der Waals surface area contributed by atoms with Crippen molar-refractivity contribution >= 4 is 0 Å². The van der Waals surface area contributed by atoms with Crippen LogP contribution < -0.4 is 5.32 Å². The molecule has 31 valence electrons. The van der Waals surface area contributed by atoms with Crippen molar-refractivity contribution in [3.63, 3.8) is 0 Å². The van der Waals surface area contributed by atoms with Crippen LogP contribution >= 0.6 is 0 Å². The van der Waals surface area contributed by atoms with Crippen molar-refractivity contribution in [1.29, 1.82) is 0 Å². The third-order valence-electron chi connectivity index (χ3n) is 0.271. The molecule has 5 heavy (non-hydrogen) atoms. The molecule has 0 fully saturated rings. The summed E-state index contributed by atoms with van der Waals surface area (Å²) in [5, 5.41) is 2.39. The fourth-order valence-electron chi connectivity index (χ4n) is 0.0668. The van der Waals surface area contributed by atoms with E-state index in [4.69, 9.17) is 0 Å². The first-order valence-corrected chi connectivity index (χ1v) is 1.47. The minimum absolute atomic E-state index is 0.330. The van der Waals surface area contributed by atoms with Crippen molar-refractivity contribution in [1.82, 2.24) is 5.32 Å². The van der Waals surface area contributed by atoms with E-state index in [2.05, 4.69) is 12.4 Å². The molecule has 0 heterocycles. The van der Waals surface area contributed by atoms with Gasteiger partial charge in [0.1, 0.15) is 6.67 Å². The molecule has 0 saturated carbocycles. The van der Waals surface area contributed by atoms with Crippen molar-refractivity contribution in [2.45, 2.75) is 0 Å². The van der Waals surface area contributed by atoms with Crippen LogP contribution in [0.25, 0.3) is 0 Å². The number of nitrogens with one attached hydrogen (secondary N) is 1. The SMILES string of the molecule is [CH2]NCCF. The van der Waals surface area contributed by atoms with Crippen molar-refractivity contribution in [2.75, 3.05) is 13.2 Å². The summed E-state index contributed by atoms with van der Waals surface area (Å²) in [6, 6.07) is 0. The minimum atomic E-state index is -0.330. The lowest BCUT2D eigenvalue weighted by Crippen LogP contribution is -2.05. The number of hydrogen-bond donors (Lipinski definition) is 1. The summed E-state index contributed by atoms with van der Waals surface area (Å²) in [5.74, 6) is 0. The van der Waals surface area contributed by atoms with E-state index < -0.39 is 0 Å². The first-order valence-electron chi connectivity index (χ1n) is 1.47. The van der Waals surface area contributed by atoms with E-state index in [0.717, 1.165) is 0 Å². The highest BCUT2D eigenvalue weighted by Gasteiger charge is 1.68. The lowest BCUT2D eigenvalue weighted by molar-refractivity contribution is 0.486. The van der Waals surface area contributed by atoms with Gasteiger partial charge in [0.2, 0.25) is 0 Å². The van der Waals surface area contributed by atoms with Gasteiger partial charge in [-0.3, -0.25) is 0 Å². The van der Waals surface area contributed by atoms with Crippen LogP contribution in [0.2, 0.25) is 0 Å². The monoisotopic (exact) mass is 76.1 g/mol. The Morgan fingerprint density at radius 2 is 2.40 bits per heavy atom. The molecule has 0 aliphatic rings. The summed E-state index contributed by atoms with van der Waals surface area (Å²) in [7, 11) is 3.19. The normalized spacial score (nSPS) is 8.40. The molecule has 0 aromatic rings. The van der Waals surface area contributed by atoms with Crippen molar-refractivity contribution < 1.29 is 4.39 Å². The van der Waals surface area contributed by atoms with Gasteiger partial charge in [0.15, 0.2) is 0 Å². The van der Waals surface area contributed by atoms with Crippen LogP contribution in [0.1, 0.15) is 0 Å². The molecule has 0 spiro atoms. The van der Waals surface area contributed by atoms with Crippen LogP contribution in [-0.2, 0) is 0 Å². The second-order valence-electron chi connectivity index (χ2n) is 0.689. The van der Waals surface area contributed by atoms with Crippen LogP contribution in [0.15, 0.2) is 0 Å². The van der Waals surface area contributed by atoms with E-state index >= 15 is 0 Å².